The number of hydrogen-bond acceptors (Lipinski definition) is 6. The number of aromatic nitrogens is 5. The maximum Gasteiger partial charge on any atom is 0.435 e. The zero-order valence-corrected chi connectivity index (χ0v) is 17.0. The zero-order valence-electron chi connectivity index (χ0n) is 17.0. The fourth-order valence-corrected chi connectivity index (χ4v) is 2.86. The molecule has 0 aliphatic carbocycles. The van der Waals surface area contributed by atoms with Gasteiger partial charge in [0.15, 0.2) is 0 Å². The van der Waals surface area contributed by atoms with Gasteiger partial charge in [-0.1, -0.05) is 12.0 Å². The van der Waals surface area contributed by atoms with Gasteiger partial charge >= 0.3 is 11.6 Å². The van der Waals surface area contributed by atoms with Crippen LogP contribution in [0.1, 0.15) is 58.9 Å². The van der Waals surface area contributed by atoms with Gasteiger partial charge in [0.2, 0.25) is 17.4 Å². The van der Waals surface area contributed by atoms with Gasteiger partial charge in [0.25, 0.3) is 5.56 Å². The minimum atomic E-state index is -0.678. The third-order valence-corrected chi connectivity index (χ3v) is 4.33. The monoisotopic (exact) mass is 378 g/mol. The molecule has 0 amide bonds. The Kier molecular flexibility index (Phi) is 5.97. The molecule has 27 heavy (non-hydrogen) atoms. The van der Waals surface area contributed by atoms with Crippen molar-refractivity contribution < 1.29 is 9.67 Å². The van der Waals surface area contributed by atoms with Crippen LogP contribution >= 0.6 is 0 Å². The van der Waals surface area contributed by atoms with Crippen LogP contribution < -0.4 is 15.8 Å². The molecular weight excluding hydrogens is 350 g/mol. The van der Waals surface area contributed by atoms with Crippen molar-refractivity contribution in [2.45, 2.75) is 66.6 Å². The smallest absolute Gasteiger partial charge is 0.435 e. The SMILES string of the molecule is CCC[n+]1c(N=Nc2c(O)n(C(C)C)c(=O)n(C(C)C)c2=O)nn(C)c1C. The highest BCUT2D eigenvalue weighted by Crippen LogP contribution is 2.25. The number of rotatable bonds is 6. The predicted molar refractivity (Wildman–Crippen MR) is 100 cm³/mol. The maximum absolute atomic E-state index is 12.7. The van der Waals surface area contributed by atoms with Gasteiger partial charge in [-0.25, -0.2) is 9.36 Å². The number of azo groups is 1. The average Bonchev–Trinajstić information content (AvgIpc) is 2.82. The molecular formula is C17H28N7O3+. The van der Waals surface area contributed by atoms with Gasteiger partial charge in [0.1, 0.15) is 0 Å². The highest BCUT2D eigenvalue weighted by molar-refractivity contribution is 5.44. The first kappa shape index (κ1) is 20.5. The van der Waals surface area contributed by atoms with E-state index >= 15 is 0 Å². The highest BCUT2D eigenvalue weighted by atomic mass is 16.3. The van der Waals surface area contributed by atoms with Crippen LogP contribution in [0.25, 0.3) is 0 Å². The zero-order chi connectivity index (χ0) is 20.5. The van der Waals surface area contributed by atoms with Crippen LogP contribution in [0.4, 0.5) is 11.6 Å². The summed E-state index contributed by atoms with van der Waals surface area (Å²) < 4.78 is 5.75. The third-order valence-electron chi connectivity index (χ3n) is 4.33. The second-order valence-corrected chi connectivity index (χ2v) is 7.01. The molecule has 10 heteroatoms. The highest BCUT2D eigenvalue weighted by Gasteiger charge is 2.24. The van der Waals surface area contributed by atoms with E-state index in [1.807, 2.05) is 18.4 Å². The minimum absolute atomic E-state index is 0.275. The van der Waals surface area contributed by atoms with Crippen LogP contribution in [-0.4, -0.2) is 24.0 Å². The molecule has 0 bridgehead atoms. The lowest BCUT2D eigenvalue weighted by Crippen LogP contribution is -2.41. The van der Waals surface area contributed by atoms with E-state index in [0.29, 0.717) is 12.5 Å². The van der Waals surface area contributed by atoms with Crippen LogP contribution in [0.3, 0.4) is 0 Å². The van der Waals surface area contributed by atoms with Crippen LogP contribution in [0.2, 0.25) is 0 Å². The molecule has 2 aromatic heterocycles. The summed E-state index contributed by atoms with van der Waals surface area (Å²) in [5.74, 6) is 0.728. The molecule has 2 heterocycles. The molecule has 148 valence electrons. The summed E-state index contributed by atoms with van der Waals surface area (Å²) in [7, 11) is 1.79. The summed E-state index contributed by atoms with van der Waals surface area (Å²) >= 11 is 0. The van der Waals surface area contributed by atoms with Crippen LogP contribution in [0, 0.1) is 6.92 Å². The van der Waals surface area contributed by atoms with E-state index in [1.165, 1.54) is 0 Å². The molecule has 0 saturated heterocycles. The first-order valence-electron chi connectivity index (χ1n) is 9.06. The fraction of sp³-hybridized carbons (Fsp3) is 0.647. The van der Waals surface area contributed by atoms with Crippen molar-refractivity contribution in [3.63, 3.8) is 0 Å². The number of aryl methyl sites for hydroxylation is 1. The van der Waals surface area contributed by atoms with Gasteiger partial charge in [-0.05, 0) is 34.1 Å². The first-order chi connectivity index (χ1) is 12.6. The molecule has 10 nitrogen and oxygen atoms in total. The Labute approximate surface area is 157 Å². The Morgan fingerprint density at radius 1 is 1.11 bits per heavy atom. The normalized spacial score (nSPS) is 12.0. The van der Waals surface area contributed by atoms with Crippen LogP contribution in [0.15, 0.2) is 19.8 Å². The van der Waals surface area contributed by atoms with E-state index < -0.39 is 17.1 Å². The van der Waals surface area contributed by atoms with Gasteiger partial charge in [-0.2, -0.15) is 0 Å². The summed E-state index contributed by atoms with van der Waals surface area (Å²) in [5, 5.41) is 22.9. The van der Waals surface area contributed by atoms with E-state index in [9.17, 15) is 14.7 Å². The van der Waals surface area contributed by atoms with E-state index in [0.717, 1.165) is 21.4 Å². The number of nitrogens with zero attached hydrogens (tertiary/aromatic N) is 7. The summed E-state index contributed by atoms with van der Waals surface area (Å²) in [6.07, 6.45) is 0.878. The molecule has 2 aromatic rings. The van der Waals surface area contributed by atoms with Crippen molar-refractivity contribution in [1.29, 1.82) is 0 Å². The fourth-order valence-electron chi connectivity index (χ4n) is 2.86. The summed E-state index contributed by atoms with van der Waals surface area (Å²) in [6.45, 7) is 11.6. The van der Waals surface area contributed by atoms with Gasteiger partial charge in [-0.15, -0.1) is 4.68 Å². The van der Waals surface area contributed by atoms with Crippen molar-refractivity contribution >= 4 is 11.6 Å². The lowest BCUT2D eigenvalue weighted by Gasteiger charge is -2.17. The topological polar surface area (TPSA) is 111 Å². The van der Waals surface area contributed by atoms with Crippen molar-refractivity contribution in [2.24, 2.45) is 17.3 Å². The Morgan fingerprint density at radius 2 is 1.70 bits per heavy atom. The largest absolute Gasteiger partial charge is 0.493 e. The van der Waals surface area contributed by atoms with Crippen molar-refractivity contribution in [3.05, 3.63) is 26.7 Å². The standard InChI is InChI=1S/C17H27N7O3/c1-8-9-22-12(6)21(7)20-16(22)19-18-13-14(25)23(10(2)3)17(27)24(11(4)5)15(13)26/h10-11H,8-9H2,1-7H3/p+1. The molecule has 0 saturated carbocycles. The maximum atomic E-state index is 12.7. The number of hydrogen-bond donors (Lipinski definition) is 1. The van der Waals surface area contributed by atoms with E-state index in [4.69, 9.17) is 0 Å². The molecule has 0 radical (unpaired) electrons. The quantitative estimate of drug-likeness (QED) is 0.612. The molecule has 0 atom stereocenters. The second-order valence-electron chi connectivity index (χ2n) is 7.01. The van der Waals surface area contributed by atoms with Crippen molar-refractivity contribution in [3.8, 4) is 5.88 Å². The Hall–Kier alpha value is -2.78. The third kappa shape index (κ3) is 3.69. The van der Waals surface area contributed by atoms with Crippen LogP contribution in [0.5, 0.6) is 5.88 Å². The average molecular weight is 378 g/mol. The van der Waals surface area contributed by atoms with Gasteiger partial charge in [0.05, 0.1) is 13.6 Å². The lowest BCUT2D eigenvalue weighted by atomic mass is 10.3. The molecule has 0 unspecified atom stereocenters. The Balaban J connectivity index is 2.70. The molecule has 0 spiro atoms. The first-order valence-corrected chi connectivity index (χ1v) is 9.06. The second kappa shape index (κ2) is 7.85. The molecule has 1 N–H and O–H groups in total. The minimum Gasteiger partial charge on any atom is -0.493 e. The van der Waals surface area contributed by atoms with Crippen LogP contribution in [-0.2, 0) is 13.6 Å². The molecule has 2 rings (SSSR count). The Bertz CT molecular complexity index is 980. The molecule has 0 aliphatic rings. The molecule has 0 aromatic carbocycles. The summed E-state index contributed by atoms with van der Waals surface area (Å²) in [4.78, 5) is 25.3. The van der Waals surface area contributed by atoms with E-state index in [2.05, 4.69) is 15.3 Å². The number of aromatic hydroxyl groups is 1. The lowest BCUT2D eigenvalue weighted by molar-refractivity contribution is -0.691. The molecule has 0 aliphatic heterocycles. The van der Waals surface area contributed by atoms with Gasteiger partial charge < -0.3 is 5.11 Å². The predicted octanol–water partition coefficient (Wildman–Crippen LogP) is 2.03. The van der Waals surface area contributed by atoms with Gasteiger partial charge in [0, 0.05) is 29.2 Å². The van der Waals surface area contributed by atoms with Gasteiger partial charge in [-0.3, -0.25) is 13.9 Å². The summed E-state index contributed by atoms with van der Waals surface area (Å²) in [5.41, 5.74) is -1.53. The summed E-state index contributed by atoms with van der Waals surface area (Å²) in [6, 6.07) is -0.731. The van der Waals surface area contributed by atoms with E-state index in [-0.39, 0.29) is 17.8 Å². The van der Waals surface area contributed by atoms with Crippen molar-refractivity contribution in [2.75, 3.05) is 0 Å². The molecule has 0 fully saturated rings. The Morgan fingerprint density at radius 3 is 2.22 bits per heavy atom. The van der Waals surface area contributed by atoms with E-state index in [1.54, 1.807) is 39.4 Å². The van der Waals surface area contributed by atoms with Crippen molar-refractivity contribution in [1.82, 2.24) is 18.9 Å².